The van der Waals surface area contributed by atoms with Crippen LogP contribution in [0.4, 0.5) is 13.2 Å². The summed E-state index contributed by atoms with van der Waals surface area (Å²) in [5, 5.41) is 2.58. The first kappa shape index (κ1) is 14.1. The van der Waals surface area contributed by atoms with E-state index in [2.05, 4.69) is 15.0 Å². The molecule has 4 nitrogen and oxygen atoms in total. The van der Waals surface area contributed by atoms with Gasteiger partial charge in [-0.3, -0.25) is 4.79 Å². The normalized spacial score (nSPS) is 14.6. The maximum absolute atomic E-state index is 12.8. The number of rotatable bonds is 4. The maximum atomic E-state index is 12.8. The van der Waals surface area contributed by atoms with Crippen molar-refractivity contribution in [3.8, 4) is 5.75 Å². The van der Waals surface area contributed by atoms with Crippen molar-refractivity contribution in [2.24, 2.45) is 0 Å². The van der Waals surface area contributed by atoms with E-state index in [1.807, 2.05) is 0 Å². The number of carbonyl (C=O) groups is 1. The molecule has 0 saturated carbocycles. The zero-order valence-electron chi connectivity index (χ0n) is 10.3. The number of alkyl halides is 2. The lowest BCUT2D eigenvalue weighted by atomic mass is 10.1. The van der Waals surface area contributed by atoms with E-state index >= 15 is 0 Å². The third-order valence-electron chi connectivity index (χ3n) is 2.57. The van der Waals surface area contributed by atoms with Crippen LogP contribution in [0.3, 0.4) is 0 Å². The Balaban J connectivity index is 1.99. The van der Waals surface area contributed by atoms with Gasteiger partial charge in [0.05, 0.1) is 6.20 Å². The molecule has 1 amide bonds. The fourth-order valence-corrected chi connectivity index (χ4v) is 1.61. The van der Waals surface area contributed by atoms with Gasteiger partial charge in [0.2, 0.25) is 0 Å². The number of nitrogens with one attached hydrogen (secondary N) is 1. The molecule has 2 rings (SSSR count). The van der Waals surface area contributed by atoms with E-state index in [0.717, 1.165) is 6.20 Å². The summed E-state index contributed by atoms with van der Waals surface area (Å²) in [5.74, 6) is -0.858. The Kier molecular flexibility index (Phi) is 4.39. The van der Waals surface area contributed by atoms with Crippen molar-refractivity contribution >= 4 is 5.91 Å². The number of nitrogens with zero attached hydrogens (tertiary/aromatic N) is 1. The van der Waals surface area contributed by atoms with Gasteiger partial charge >= 0.3 is 6.61 Å². The number of amides is 1. The van der Waals surface area contributed by atoms with E-state index in [1.54, 1.807) is 0 Å². The second kappa shape index (κ2) is 6.23. The molecule has 0 aromatic carbocycles. The average Bonchev–Trinajstić information content (AvgIpc) is 2.41. The first-order chi connectivity index (χ1) is 9.54. The molecule has 106 valence electrons. The highest BCUT2D eigenvalue weighted by Gasteiger charge is 2.12. The van der Waals surface area contributed by atoms with Crippen molar-refractivity contribution in [3.05, 3.63) is 47.7 Å². The molecule has 1 aromatic rings. The van der Waals surface area contributed by atoms with Gasteiger partial charge in [-0.25, -0.2) is 9.37 Å². The minimum Gasteiger partial charge on any atom is -0.433 e. The number of pyridine rings is 1. The first-order valence-electron chi connectivity index (χ1n) is 5.82. The van der Waals surface area contributed by atoms with E-state index in [9.17, 15) is 18.0 Å². The number of halogens is 3. The summed E-state index contributed by atoms with van der Waals surface area (Å²) < 4.78 is 40.8. The van der Waals surface area contributed by atoms with Crippen molar-refractivity contribution < 1.29 is 22.7 Å². The Morgan fingerprint density at radius 2 is 2.10 bits per heavy atom. The van der Waals surface area contributed by atoms with Crippen molar-refractivity contribution in [2.45, 2.75) is 19.5 Å². The molecular weight excluding hydrogens is 273 g/mol. The second-order valence-electron chi connectivity index (χ2n) is 4.02. The van der Waals surface area contributed by atoms with Crippen molar-refractivity contribution in [1.82, 2.24) is 10.3 Å². The predicted molar refractivity (Wildman–Crippen MR) is 64.8 cm³/mol. The van der Waals surface area contributed by atoms with E-state index in [4.69, 9.17) is 0 Å². The Bertz CT molecular complexity index is 553. The zero-order chi connectivity index (χ0) is 14.5. The molecule has 1 aliphatic rings. The SMILES string of the molecule is O=C(NC1=CC=C(F)CC1)c1ccc(OC(F)F)cn1. The number of hydrogen-bond donors (Lipinski definition) is 1. The number of aromatic nitrogens is 1. The Labute approximate surface area is 113 Å². The minimum atomic E-state index is -2.94. The molecule has 1 heterocycles. The molecule has 0 spiro atoms. The van der Waals surface area contributed by atoms with Gasteiger partial charge < -0.3 is 10.1 Å². The minimum absolute atomic E-state index is 0.0579. The highest BCUT2D eigenvalue weighted by Crippen LogP contribution is 2.18. The molecule has 0 bridgehead atoms. The largest absolute Gasteiger partial charge is 0.433 e. The second-order valence-corrected chi connectivity index (χ2v) is 4.02. The maximum Gasteiger partial charge on any atom is 0.387 e. The van der Waals surface area contributed by atoms with E-state index in [1.165, 1.54) is 24.3 Å². The molecule has 0 fully saturated rings. The van der Waals surface area contributed by atoms with Gasteiger partial charge in [0.25, 0.3) is 5.91 Å². The van der Waals surface area contributed by atoms with Gasteiger partial charge in [0.15, 0.2) is 0 Å². The summed E-state index contributed by atoms with van der Waals surface area (Å²) in [6, 6.07) is 2.50. The standard InChI is InChI=1S/C13H11F3N2O2/c14-8-1-3-9(4-2-8)18-12(19)11-6-5-10(7-17-11)20-13(15)16/h1,3,5-7,13H,2,4H2,(H,18,19). The van der Waals surface area contributed by atoms with Crippen LogP contribution in [-0.4, -0.2) is 17.5 Å². The Hall–Kier alpha value is -2.31. The lowest BCUT2D eigenvalue weighted by Crippen LogP contribution is -2.24. The fourth-order valence-electron chi connectivity index (χ4n) is 1.61. The summed E-state index contributed by atoms with van der Waals surface area (Å²) in [6.45, 7) is -2.94. The molecule has 20 heavy (non-hydrogen) atoms. The van der Waals surface area contributed by atoms with Crippen LogP contribution in [0.5, 0.6) is 5.75 Å². The van der Waals surface area contributed by atoms with Crippen molar-refractivity contribution in [1.29, 1.82) is 0 Å². The quantitative estimate of drug-likeness (QED) is 0.924. The van der Waals surface area contributed by atoms with Crippen LogP contribution in [0, 0.1) is 0 Å². The van der Waals surface area contributed by atoms with Gasteiger partial charge in [-0.2, -0.15) is 8.78 Å². The molecule has 0 saturated heterocycles. The molecule has 0 aliphatic heterocycles. The summed E-state index contributed by atoms with van der Waals surface area (Å²) in [7, 11) is 0. The molecule has 0 unspecified atom stereocenters. The van der Waals surface area contributed by atoms with Crippen molar-refractivity contribution in [2.75, 3.05) is 0 Å². The van der Waals surface area contributed by atoms with Gasteiger partial charge in [-0.05, 0) is 30.7 Å². The summed E-state index contributed by atoms with van der Waals surface area (Å²) in [6.07, 6.45) is 4.42. The van der Waals surface area contributed by atoms with E-state index in [-0.39, 0.29) is 23.7 Å². The van der Waals surface area contributed by atoms with Crippen LogP contribution in [0.1, 0.15) is 23.3 Å². The number of hydrogen-bond acceptors (Lipinski definition) is 3. The van der Waals surface area contributed by atoms with E-state index in [0.29, 0.717) is 12.1 Å². The topological polar surface area (TPSA) is 51.2 Å². The number of carbonyl (C=O) groups excluding carboxylic acids is 1. The molecule has 1 aliphatic carbocycles. The summed E-state index contributed by atoms with van der Waals surface area (Å²) in [4.78, 5) is 15.5. The Morgan fingerprint density at radius 1 is 1.30 bits per heavy atom. The van der Waals surface area contributed by atoms with Gasteiger partial charge in [0, 0.05) is 12.1 Å². The van der Waals surface area contributed by atoms with E-state index < -0.39 is 12.5 Å². The smallest absolute Gasteiger partial charge is 0.387 e. The fraction of sp³-hybridized carbons (Fsp3) is 0.231. The number of allylic oxidation sites excluding steroid dienone is 4. The van der Waals surface area contributed by atoms with Crippen LogP contribution >= 0.6 is 0 Å². The predicted octanol–water partition coefficient (Wildman–Crippen LogP) is 2.94. The molecule has 1 aromatic heterocycles. The van der Waals surface area contributed by atoms with Crippen LogP contribution in [0.2, 0.25) is 0 Å². The van der Waals surface area contributed by atoms with Gasteiger partial charge in [0.1, 0.15) is 17.3 Å². The first-order valence-corrected chi connectivity index (χ1v) is 5.82. The average molecular weight is 284 g/mol. The summed E-state index contributed by atoms with van der Waals surface area (Å²) in [5.41, 5.74) is 0.633. The molecule has 0 radical (unpaired) electrons. The van der Waals surface area contributed by atoms with Crippen LogP contribution in [0.15, 0.2) is 42.0 Å². The molecule has 7 heteroatoms. The highest BCUT2D eigenvalue weighted by molar-refractivity contribution is 5.93. The molecular formula is C13H11F3N2O2. The summed E-state index contributed by atoms with van der Waals surface area (Å²) >= 11 is 0. The third kappa shape index (κ3) is 3.84. The molecule has 1 N–H and O–H groups in total. The van der Waals surface area contributed by atoms with Crippen LogP contribution in [-0.2, 0) is 0 Å². The van der Waals surface area contributed by atoms with Gasteiger partial charge in [-0.15, -0.1) is 0 Å². The molecule has 0 atom stereocenters. The van der Waals surface area contributed by atoms with Crippen LogP contribution in [0.25, 0.3) is 0 Å². The number of ether oxygens (including phenoxy) is 1. The third-order valence-corrected chi connectivity index (χ3v) is 2.57. The van der Waals surface area contributed by atoms with Crippen molar-refractivity contribution in [3.63, 3.8) is 0 Å². The zero-order valence-corrected chi connectivity index (χ0v) is 10.3. The monoisotopic (exact) mass is 284 g/mol. The van der Waals surface area contributed by atoms with Crippen LogP contribution < -0.4 is 10.1 Å². The highest BCUT2D eigenvalue weighted by atomic mass is 19.3. The lowest BCUT2D eigenvalue weighted by molar-refractivity contribution is -0.0500. The van der Waals surface area contributed by atoms with Gasteiger partial charge in [-0.1, -0.05) is 0 Å². The Morgan fingerprint density at radius 3 is 2.65 bits per heavy atom. The lowest BCUT2D eigenvalue weighted by Gasteiger charge is -2.11.